The number of carbonyl (C=O) groups is 1. The molecule has 0 bridgehead atoms. The summed E-state index contributed by atoms with van der Waals surface area (Å²) in [5.41, 5.74) is 9.46. The van der Waals surface area contributed by atoms with Crippen LogP contribution in [0.4, 0.5) is 0 Å². The molecule has 0 fully saturated rings. The lowest BCUT2D eigenvalue weighted by atomic mass is 10.0. The Kier molecular flexibility index (Phi) is 6.51. The van der Waals surface area contributed by atoms with Gasteiger partial charge in [0.05, 0.1) is 16.1 Å². The van der Waals surface area contributed by atoms with Crippen LogP contribution in [-0.2, 0) is 13.1 Å². The molecule has 0 atom stereocenters. The van der Waals surface area contributed by atoms with Gasteiger partial charge in [-0.3, -0.25) is 14.9 Å². The van der Waals surface area contributed by atoms with Crippen molar-refractivity contribution in [3.63, 3.8) is 0 Å². The minimum atomic E-state index is 0.0890. The summed E-state index contributed by atoms with van der Waals surface area (Å²) >= 11 is 1.53. The van der Waals surface area contributed by atoms with Gasteiger partial charge >= 0.3 is 0 Å². The fourth-order valence-corrected chi connectivity index (χ4v) is 6.20. The van der Waals surface area contributed by atoms with Crippen molar-refractivity contribution < 1.29 is 4.79 Å². The summed E-state index contributed by atoms with van der Waals surface area (Å²) in [7, 11) is 0. The topological polar surface area (TPSA) is 86.5 Å². The molecule has 0 aliphatic rings. The number of rotatable bonds is 8. The van der Waals surface area contributed by atoms with Crippen LogP contribution in [0.1, 0.15) is 27.7 Å². The van der Waals surface area contributed by atoms with E-state index in [1.807, 2.05) is 36.7 Å². The van der Waals surface area contributed by atoms with E-state index in [4.69, 9.17) is 0 Å². The molecule has 0 spiro atoms. The van der Waals surface area contributed by atoms with Gasteiger partial charge in [0.2, 0.25) is 0 Å². The van der Waals surface area contributed by atoms with Crippen LogP contribution in [-0.4, -0.2) is 25.9 Å². The van der Waals surface area contributed by atoms with E-state index in [9.17, 15) is 4.79 Å². The average Bonchev–Trinajstić information content (AvgIpc) is 3.76. The van der Waals surface area contributed by atoms with Gasteiger partial charge in [-0.15, -0.1) is 11.3 Å². The minimum Gasteiger partial charge on any atom is -0.353 e. The number of Topliss-reactive ketones (excluding diaryl/α,β-unsaturated/α-hetero) is 1. The van der Waals surface area contributed by atoms with Crippen LogP contribution in [0.3, 0.4) is 0 Å². The Hall–Kier alpha value is -4.85. The van der Waals surface area contributed by atoms with Crippen LogP contribution < -0.4 is 5.32 Å². The largest absolute Gasteiger partial charge is 0.353 e. The molecular formula is C34H27N5OS. The quantitative estimate of drug-likeness (QED) is 0.166. The highest BCUT2D eigenvalue weighted by Crippen LogP contribution is 2.37. The first-order valence-electron chi connectivity index (χ1n) is 13.5. The standard InChI is InChI=1S/C34H27N5OS/c1-21(40)32-12-13-33(41-32)26-8-5-9-29-27(26)16-31(37-29)34-28-15-24(10-11-30(28)38-39-34)25-14-23(19-36-20-25)18-35-17-22-6-3-2-4-7-22/h2-16,19-20,35,37H,17-18H2,1H3,(H,38,39). The van der Waals surface area contributed by atoms with Crippen LogP contribution in [0, 0.1) is 0 Å². The van der Waals surface area contributed by atoms with E-state index in [2.05, 4.69) is 92.2 Å². The lowest BCUT2D eigenvalue weighted by molar-refractivity contribution is 0.102. The SMILES string of the molecule is CC(=O)c1ccc(-c2cccc3[nH]c(-c4n[nH]c5ccc(-c6cncc(CNCc7ccccc7)c6)cc45)cc23)s1. The number of aromatic amines is 2. The van der Waals surface area contributed by atoms with Crippen molar-refractivity contribution in [2.45, 2.75) is 20.0 Å². The smallest absolute Gasteiger partial charge is 0.169 e. The number of aromatic nitrogens is 4. The van der Waals surface area contributed by atoms with Crippen molar-refractivity contribution in [3.8, 4) is 33.0 Å². The number of ketones is 1. The Labute approximate surface area is 241 Å². The molecule has 3 aromatic carbocycles. The van der Waals surface area contributed by atoms with Gasteiger partial charge < -0.3 is 10.3 Å². The van der Waals surface area contributed by atoms with Crippen molar-refractivity contribution in [2.24, 2.45) is 0 Å². The summed E-state index contributed by atoms with van der Waals surface area (Å²) in [4.78, 5) is 21.8. The van der Waals surface area contributed by atoms with Gasteiger partial charge in [0.15, 0.2) is 5.78 Å². The Morgan fingerprint density at radius 3 is 2.54 bits per heavy atom. The number of carbonyl (C=O) groups excluding carboxylic acids is 1. The second kappa shape index (κ2) is 10.6. The Morgan fingerprint density at radius 1 is 0.805 bits per heavy atom. The molecule has 0 radical (unpaired) electrons. The summed E-state index contributed by atoms with van der Waals surface area (Å²) in [6.45, 7) is 3.16. The van der Waals surface area contributed by atoms with Crippen molar-refractivity contribution in [1.82, 2.24) is 25.5 Å². The molecule has 7 rings (SSSR count). The van der Waals surface area contributed by atoms with E-state index >= 15 is 0 Å². The van der Waals surface area contributed by atoms with E-state index in [0.717, 1.165) is 78.3 Å². The third kappa shape index (κ3) is 4.97. The Balaban J connectivity index is 1.19. The van der Waals surface area contributed by atoms with Crippen molar-refractivity contribution in [1.29, 1.82) is 0 Å². The monoisotopic (exact) mass is 553 g/mol. The molecule has 6 nitrogen and oxygen atoms in total. The normalized spacial score (nSPS) is 11.4. The number of H-pyrrole nitrogens is 2. The van der Waals surface area contributed by atoms with E-state index in [-0.39, 0.29) is 5.78 Å². The summed E-state index contributed by atoms with van der Waals surface area (Å²) < 4.78 is 0. The molecule has 0 amide bonds. The van der Waals surface area contributed by atoms with E-state index < -0.39 is 0 Å². The third-order valence-electron chi connectivity index (χ3n) is 7.33. The van der Waals surface area contributed by atoms with E-state index in [0.29, 0.717) is 0 Å². The lowest BCUT2D eigenvalue weighted by Crippen LogP contribution is -2.12. The highest BCUT2D eigenvalue weighted by Gasteiger charge is 2.16. The first-order valence-corrected chi connectivity index (χ1v) is 14.3. The summed E-state index contributed by atoms with van der Waals surface area (Å²) in [5, 5.41) is 13.5. The molecule has 0 aliphatic heterocycles. The lowest BCUT2D eigenvalue weighted by Gasteiger charge is -2.08. The van der Waals surface area contributed by atoms with Gasteiger partial charge in [0, 0.05) is 57.8 Å². The molecule has 0 saturated carbocycles. The number of thiophene rings is 1. The maximum atomic E-state index is 11.9. The van der Waals surface area contributed by atoms with Crippen LogP contribution in [0.5, 0.6) is 0 Å². The zero-order chi connectivity index (χ0) is 27.8. The molecule has 7 aromatic rings. The second-order valence-corrected chi connectivity index (χ2v) is 11.3. The van der Waals surface area contributed by atoms with Crippen LogP contribution in [0.25, 0.3) is 54.8 Å². The van der Waals surface area contributed by atoms with Crippen LogP contribution in [0.15, 0.2) is 103 Å². The fraction of sp³-hybridized carbons (Fsp3) is 0.0882. The first kappa shape index (κ1) is 25.1. The number of pyridine rings is 1. The zero-order valence-corrected chi connectivity index (χ0v) is 23.3. The van der Waals surface area contributed by atoms with Gasteiger partial charge in [0.25, 0.3) is 0 Å². The molecule has 41 heavy (non-hydrogen) atoms. The second-order valence-electron chi connectivity index (χ2n) is 10.2. The first-order chi connectivity index (χ1) is 20.1. The number of fused-ring (bicyclic) bond motifs is 2. The number of hydrogen-bond donors (Lipinski definition) is 3. The number of nitrogens with zero attached hydrogens (tertiary/aromatic N) is 2. The average molecular weight is 554 g/mol. The fourth-order valence-electron chi connectivity index (χ4n) is 5.26. The zero-order valence-electron chi connectivity index (χ0n) is 22.4. The van der Waals surface area contributed by atoms with Gasteiger partial charge in [0.1, 0.15) is 5.69 Å². The van der Waals surface area contributed by atoms with E-state index in [1.165, 1.54) is 16.9 Å². The van der Waals surface area contributed by atoms with Gasteiger partial charge in [-0.2, -0.15) is 5.10 Å². The Bertz CT molecular complexity index is 2020. The summed E-state index contributed by atoms with van der Waals surface area (Å²) in [6, 6.07) is 31.3. The highest BCUT2D eigenvalue weighted by atomic mass is 32.1. The molecule has 4 heterocycles. The molecule has 0 unspecified atom stereocenters. The van der Waals surface area contributed by atoms with Crippen LogP contribution >= 0.6 is 11.3 Å². The Morgan fingerprint density at radius 2 is 1.68 bits per heavy atom. The number of benzene rings is 3. The van der Waals surface area contributed by atoms with Gasteiger partial charge in [-0.1, -0.05) is 48.5 Å². The molecule has 7 heteroatoms. The van der Waals surface area contributed by atoms with Crippen molar-refractivity contribution >= 4 is 38.9 Å². The minimum absolute atomic E-state index is 0.0890. The molecule has 0 saturated heterocycles. The van der Waals surface area contributed by atoms with E-state index in [1.54, 1.807) is 6.92 Å². The molecule has 4 aromatic heterocycles. The number of nitrogens with one attached hydrogen (secondary N) is 3. The van der Waals surface area contributed by atoms with Crippen LogP contribution in [0.2, 0.25) is 0 Å². The van der Waals surface area contributed by atoms with Gasteiger partial charge in [-0.05, 0) is 66.1 Å². The highest BCUT2D eigenvalue weighted by molar-refractivity contribution is 7.17. The van der Waals surface area contributed by atoms with Crippen molar-refractivity contribution in [3.05, 3.63) is 119 Å². The van der Waals surface area contributed by atoms with Crippen molar-refractivity contribution in [2.75, 3.05) is 0 Å². The predicted molar refractivity (Wildman–Crippen MR) is 167 cm³/mol. The molecule has 3 N–H and O–H groups in total. The molecular weight excluding hydrogens is 526 g/mol. The predicted octanol–water partition coefficient (Wildman–Crippen LogP) is 7.99. The molecule has 0 aliphatic carbocycles. The molecule has 200 valence electrons. The number of hydrogen-bond acceptors (Lipinski definition) is 5. The summed E-state index contributed by atoms with van der Waals surface area (Å²) in [6.07, 6.45) is 3.82. The maximum absolute atomic E-state index is 11.9. The summed E-state index contributed by atoms with van der Waals surface area (Å²) in [5.74, 6) is 0.0890. The van der Waals surface area contributed by atoms with Gasteiger partial charge in [-0.25, -0.2) is 0 Å². The third-order valence-corrected chi connectivity index (χ3v) is 8.55. The maximum Gasteiger partial charge on any atom is 0.169 e.